The molecule has 0 amide bonds. The Bertz CT molecular complexity index is 227. The first kappa shape index (κ1) is 7.51. The topological polar surface area (TPSA) is 23.5 Å². The molecule has 1 N–H and O–H groups in total. The van der Waals surface area contributed by atoms with Gasteiger partial charge in [0.05, 0.1) is 5.69 Å². The predicted octanol–water partition coefficient (Wildman–Crippen LogP) is 2.51. The minimum Gasteiger partial charge on any atom is -0.508 e. The van der Waals surface area contributed by atoms with Crippen LogP contribution >= 0.6 is 23.6 Å². The third kappa shape index (κ3) is 1.69. The van der Waals surface area contributed by atoms with E-state index in [9.17, 15) is 0 Å². The number of benzene rings is 1. The largest absolute Gasteiger partial charge is 0.508 e. The highest BCUT2D eigenvalue weighted by Gasteiger charge is 1.97. The molecule has 0 heterocycles. The molecule has 4 heteroatoms. The number of halogens is 2. The van der Waals surface area contributed by atoms with Crippen LogP contribution in [0.1, 0.15) is 0 Å². The average Bonchev–Trinajstić information content (AvgIpc) is 1.88. The summed E-state index contributed by atoms with van der Waals surface area (Å²) in [6, 6.07) is 6.34. The molecule has 0 bridgehead atoms. The molecular weight excluding hydrogens is 173 g/mol. The quantitative estimate of drug-likeness (QED) is 0.667. The van der Waals surface area contributed by atoms with Crippen LogP contribution < -0.4 is 3.94 Å². The van der Waals surface area contributed by atoms with Gasteiger partial charge in [0.1, 0.15) is 5.75 Å². The highest BCUT2D eigenvalue weighted by atomic mass is 35.5. The summed E-state index contributed by atoms with van der Waals surface area (Å²) in [5.74, 6) is 0.142. The molecule has 0 atom stereocenters. The maximum Gasteiger partial charge on any atom is 0.117 e. The molecular formula is C6H5Cl2NO. The second kappa shape index (κ2) is 2.99. The Morgan fingerprint density at radius 1 is 1.30 bits per heavy atom. The number of hydrogen-bond donors (Lipinski definition) is 1. The van der Waals surface area contributed by atoms with Gasteiger partial charge in [0.25, 0.3) is 0 Å². The van der Waals surface area contributed by atoms with E-state index in [1.807, 2.05) is 0 Å². The van der Waals surface area contributed by atoms with Crippen LogP contribution in [-0.2, 0) is 0 Å². The Kier molecular flexibility index (Phi) is 2.25. The second-order valence-electron chi connectivity index (χ2n) is 1.75. The molecule has 1 aromatic rings. The minimum absolute atomic E-state index is 0.142. The van der Waals surface area contributed by atoms with Crippen molar-refractivity contribution in [1.82, 2.24) is 0 Å². The number of anilines is 1. The van der Waals surface area contributed by atoms with E-state index in [1.165, 1.54) is 6.07 Å². The fourth-order valence-corrected chi connectivity index (χ4v) is 0.808. The highest BCUT2D eigenvalue weighted by molar-refractivity contribution is 6.49. The van der Waals surface area contributed by atoms with Gasteiger partial charge >= 0.3 is 0 Å². The highest BCUT2D eigenvalue weighted by Crippen LogP contribution is 2.22. The molecule has 0 aliphatic heterocycles. The van der Waals surface area contributed by atoms with E-state index >= 15 is 0 Å². The Balaban J connectivity index is 2.96. The van der Waals surface area contributed by atoms with E-state index in [-0.39, 0.29) is 5.75 Å². The van der Waals surface area contributed by atoms with E-state index in [0.717, 1.165) is 3.94 Å². The van der Waals surface area contributed by atoms with Crippen LogP contribution in [0.5, 0.6) is 5.75 Å². The van der Waals surface area contributed by atoms with Crippen molar-refractivity contribution in [2.75, 3.05) is 3.94 Å². The number of phenolic OH excluding ortho intramolecular Hbond substituents is 1. The monoisotopic (exact) mass is 177 g/mol. The van der Waals surface area contributed by atoms with Crippen molar-refractivity contribution in [3.8, 4) is 5.75 Å². The van der Waals surface area contributed by atoms with Gasteiger partial charge in [0, 0.05) is 29.6 Å². The zero-order chi connectivity index (χ0) is 7.56. The number of rotatable bonds is 1. The zero-order valence-electron chi connectivity index (χ0n) is 4.96. The van der Waals surface area contributed by atoms with Crippen molar-refractivity contribution in [3.63, 3.8) is 0 Å². The summed E-state index contributed by atoms with van der Waals surface area (Å²) in [5, 5.41) is 8.92. The summed E-state index contributed by atoms with van der Waals surface area (Å²) in [6.45, 7) is 0. The van der Waals surface area contributed by atoms with E-state index in [1.54, 1.807) is 18.2 Å². The maximum absolute atomic E-state index is 8.92. The molecule has 0 aliphatic carbocycles. The van der Waals surface area contributed by atoms with E-state index < -0.39 is 0 Å². The van der Waals surface area contributed by atoms with Gasteiger partial charge in [-0.05, 0) is 12.1 Å². The Morgan fingerprint density at radius 3 is 2.40 bits per heavy atom. The molecule has 0 saturated heterocycles. The van der Waals surface area contributed by atoms with E-state index in [0.29, 0.717) is 5.69 Å². The van der Waals surface area contributed by atoms with Crippen molar-refractivity contribution in [3.05, 3.63) is 24.3 Å². The smallest absolute Gasteiger partial charge is 0.117 e. The van der Waals surface area contributed by atoms with E-state index in [4.69, 9.17) is 28.7 Å². The molecule has 0 fully saturated rings. The van der Waals surface area contributed by atoms with Crippen LogP contribution in [0.25, 0.3) is 0 Å². The summed E-state index contributed by atoms with van der Waals surface area (Å²) >= 11 is 10.7. The maximum atomic E-state index is 8.92. The molecule has 54 valence electrons. The van der Waals surface area contributed by atoms with Crippen molar-refractivity contribution < 1.29 is 5.11 Å². The lowest BCUT2D eigenvalue weighted by Crippen LogP contribution is -1.89. The molecule has 1 rings (SSSR count). The normalized spacial score (nSPS) is 9.40. The Labute approximate surface area is 68.8 Å². The van der Waals surface area contributed by atoms with Crippen LogP contribution in [0.2, 0.25) is 0 Å². The second-order valence-corrected chi connectivity index (χ2v) is 2.60. The van der Waals surface area contributed by atoms with Gasteiger partial charge < -0.3 is 5.11 Å². The summed E-state index contributed by atoms with van der Waals surface area (Å²) < 4.78 is 0.889. The number of hydrogen-bond acceptors (Lipinski definition) is 2. The Hall–Kier alpha value is -0.600. The lowest BCUT2D eigenvalue weighted by atomic mass is 10.3. The van der Waals surface area contributed by atoms with Gasteiger partial charge in [-0.2, -0.15) is 3.94 Å². The molecule has 0 spiro atoms. The first-order valence-corrected chi connectivity index (χ1v) is 3.28. The van der Waals surface area contributed by atoms with Crippen LogP contribution in [-0.4, -0.2) is 5.11 Å². The summed E-state index contributed by atoms with van der Waals surface area (Å²) in [6.07, 6.45) is 0. The van der Waals surface area contributed by atoms with Crippen molar-refractivity contribution in [2.24, 2.45) is 0 Å². The van der Waals surface area contributed by atoms with Gasteiger partial charge in [0.15, 0.2) is 0 Å². The van der Waals surface area contributed by atoms with Crippen molar-refractivity contribution in [2.45, 2.75) is 0 Å². The molecule has 0 aromatic heterocycles. The first-order chi connectivity index (χ1) is 4.70. The van der Waals surface area contributed by atoms with Gasteiger partial charge in [0.2, 0.25) is 0 Å². The van der Waals surface area contributed by atoms with Crippen LogP contribution in [0.4, 0.5) is 5.69 Å². The lowest BCUT2D eigenvalue weighted by Gasteiger charge is -2.03. The fourth-order valence-electron chi connectivity index (χ4n) is 0.598. The lowest BCUT2D eigenvalue weighted by molar-refractivity contribution is 0.475. The van der Waals surface area contributed by atoms with Crippen LogP contribution in [0, 0.1) is 0 Å². The standard InChI is InChI=1S/C6H5Cl2NO/c7-9(8)5-2-1-3-6(10)4-5/h1-4,10H. The fraction of sp³-hybridized carbons (Fsp3) is 0. The van der Waals surface area contributed by atoms with Gasteiger partial charge in [-0.1, -0.05) is 6.07 Å². The molecule has 10 heavy (non-hydrogen) atoms. The van der Waals surface area contributed by atoms with Gasteiger partial charge in [-0.15, -0.1) is 0 Å². The summed E-state index contributed by atoms with van der Waals surface area (Å²) in [5.41, 5.74) is 0.545. The molecule has 0 aliphatic rings. The zero-order valence-corrected chi connectivity index (χ0v) is 6.47. The summed E-state index contributed by atoms with van der Waals surface area (Å²) in [4.78, 5) is 0. The van der Waals surface area contributed by atoms with Crippen LogP contribution in [0.15, 0.2) is 24.3 Å². The molecule has 1 aromatic carbocycles. The van der Waals surface area contributed by atoms with Crippen molar-refractivity contribution in [1.29, 1.82) is 0 Å². The van der Waals surface area contributed by atoms with E-state index in [2.05, 4.69) is 0 Å². The average molecular weight is 178 g/mol. The SMILES string of the molecule is Oc1cccc(N(Cl)Cl)c1. The van der Waals surface area contributed by atoms with Gasteiger partial charge in [-0.25, -0.2) is 0 Å². The molecule has 0 unspecified atom stereocenters. The number of nitrogens with zero attached hydrogens (tertiary/aromatic N) is 1. The van der Waals surface area contributed by atoms with Gasteiger partial charge in [-0.3, -0.25) is 0 Å². The summed E-state index contributed by atoms with van der Waals surface area (Å²) in [7, 11) is 0. The molecule has 0 saturated carbocycles. The Morgan fingerprint density at radius 2 is 2.00 bits per heavy atom. The minimum atomic E-state index is 0.142. The third-order valence-corrected chi connectivity index (χ3v) is 1.42. The first-order valence-electron chi connectivity index (χ1n) is 2.61. The molecule has 2 nitrogen and oxygen atoms in total. The number of phenols is 1. The van der Waals surface area contributed by atoms with Crippen LogP contribution in [0.3, 0.4) is 0 Å². The van der Waals surface area contributed by atoms with Crippen molar-refractivity contribution >= 4 is 29.2 Å². The number of aromatic hydroxyl groups is 1. The predicted molar refractivity (Wildman–Crippen MR) is 42.3 cm³/mol. The third-order valence-electron chi connectivity index (χ3n) is 1.02. The molecule has 0 radical (unpaired) electrons.